The molecule has 0 aliphatic carbocycles. The number of aliphatic hydroxyl groups excluding tert-OH is 1. The van der Waals surface area contributed by atoms with E-state index in [2.05, 4.69) is 5.32 Å². The fourth-order valence-electron chi connectivity index (χ4n) is 2.49. The van der Waals surface area contributed by atoms with E-state index >= 15 is 0 Å². The Morgan fingerprint density at radius 1 is 1.11 bits per heavy atom. The van der Waals surface area contributed by atoms with Crippen molar-refractivity contribution in [1.29, 1.82) is 0 Å². The molecule has 1 aliphatic heterocycles. The van der Waals surface area contributed by atoms with Gasteiger partial charge in [0.05, 0.1) is 6.61 Å². The molecule has 2 aromatic rings. The number of carbonyl (C=O) groups is 1. The van der Waals surface area contributed by atoms with Crippen LogP contribution in [0.15, 0.2) is 42.5 Å². The number of amides is 1. The van der Waals surface area contributed by atoms with E-state index < -0.39 is 6.10 Å². The highest BCUT2D eigenvalue weighted by atomic mass is 35.5. The van der Waals surface area contributed by atoms with Crippen molar-refractivity contribution in [2.45, 2.75) is 18.9 Å². The van der Waals surface area contributed by atoms with Crippen LogP contribution in [0.2, 0.25) is 5.02 Å². The van der Waals surface area contributed by atoms with Crippen LogP contribution in [0.3, 0.4) is 0 Å². The highest BCUT2D eigenvalue weighted by Crippen LogP contribution is 2.35. The average Bonchev–Trinajstić information content (AvgIpc) is 3.17. The Bertz CT molecular complexity index is 783. The Hall–Kier alpha value is -2.64. The van der Waals surface area contributed by atoms with Crippen LogP contribution in [0.25, 0.3) is 0 Å². The number of nitrogens with one attached hydrogen (secondary N) is 1. The summed E-state index contributed by atoms with van der Waals surface area (Å²) in [4.78, 5) is 11.8. The molecular weight excluding hydrogens is 386 g/mol. The zero-order valence-corrected chi connectivity index (χ0v) is 16.0. The summed E-state index contributed by atoms with van der Waals surface area (Å²) in [5.74, 6) is 2.40. The van der Waals surface area contributed by atoms with Crippen LogP contribution in [0.1, 0.15) is 12.8 Å². The van der Waals surface area contributed by atoms with E-state index in [1.165, 1.54) is 0 Å². The van der Waals surface area contributed by atoms with Crippen LogP contribution in [-0.4, -0.2) is 43.7 Å². The summed E-state index contributed by atoms with van der Waals surface area (Å²) < 4.78 is 21.5. The fourth-order valence-corrected chi connectivity index (χ4v) is 2.62. The Labute approximate surface area is 168 Å². The minimum Gasteiger partial charge on any atom is -0.494 e. The highest BCUT2D eigenvalue weighted by molar-refractivity contribution is 6.30. The van der Waals surface area contributed by atoms with Crippen molar-refractivity contribution in [2.75, 3.05) is 26.6 Å². The van der Waals surface area contributed by atoms with Crippen molar-refractivity contribution in [3.05, 3.63) is 47.5 Å². The third kappa shape index (κ3) is 6.21. The van der Waals surface area contributed by atoms with Gasteiger partial charge in [0.1, 0.15) is 24.2 Å². The molecular formula is C20H22ClNO6. The lowest BCUT2D eigenvalue weighted by atomic mass is 10.3. The second-order valence-electron chi connectivity index (χ2n) is 6.19. The highest BCUT2D eigenvalue weighted by Gasteiger charge is 2.14. The Kier molecular flexibility index (Phi) is 7.22. The lowest BCUT2D eigenvalue weighted by molar-refractivity contribution is -0.121. The first-order chi connectivity index (χ1) is 13.6. The number of carbonyl (C=O) groups excluding carboxylic acids is 1. The molecule has 0 saturated carbocycles. The zero-order chi connectivity index (χ0) is 19.8. The molecule has 3 rings (SSSR count). The number of hydrogen-bond donors (Lipinski definition) is 2. The molecule has 2 N–H and O–H groups in total. The minimum absolute atomic E-state index is 0.0552. The number of ether oxygens (including phenoxy) is 4. The molecule has 0 radical (unpaired) electrons. The molecule has 0 aromatic heterocycles. The van der Waals surface area contributed by atoms with Gasteiger partial charge in [0.2, 0.25) is 12.7 Å². The van der Waals surface area contributed by atoms with Gasteiger partial charge in [-0.15, -0.1) is 0 Å². The number of fused-ring (bicyclic) bond motifs is 1. The molecule has 28 heavy (non-hydrogen) atoms. The summed E-state index contributed by atoms with van der Waals surface area (Å²) in [6.45, 7) is 0.782. The van der Waals surface area contributed by atoms with Gasteiger partial charge in [-0.1, -0.05) is 11.6 Å². The van der Waals surface area contributed by atoms with E-state index in [-0.39, 0.29) is 25.9 Å². The molecule has 1 atom stereocenters. The van der Waals surface area contributed by atoms with Crippen LogP contribution < -0.4 is 24.3 Å². The van der Waals surface area contributed by atoms with Crippen LogP contribution in [-0.2, 0) is 4.79 Å². The summed E-state index contributed by atoms with van der Waals surface area (Å²) in [5, 5.41) is 13.3. The molecule has 0 saturated heterocycles. The predicted molar refractivity (Wildman–Crippen MR) is 103 cm³/mol. The number of rotatable bonds is 10. The van der Waals surface area contributed by atoms with Crippen LogP contribution in [0, 0.1) is 0 Å². The smallest absolute Gasteiger partial charge is 0.231 e. The minimum atomic E-state index is -0.820. The number of benzene rings is 2. The topological polar surface area (TPSA) is 86.3 Å². The predicted octanol–water partition coefficient (Wildman–Crippen LogP) is 2.78. The van der Waals surface area contributed by atoms with Gasteiger partial charge >= 0.3 is 0 Å². The van der Waals surface area contributed by atoms with E-state index in [0.29, 0.717) is 47.5 Å². The zero-order valence-electron chi connectivity index (χ0n) is 15.2. The van der Waals surface area contributed by atoms with Crippen molar-refractivity contribution in [1.82, 2.24) is 5.32 Å². The normalized spacial score (nSPS) is 13.1. The van der Waals surface area contributed by atoms with Gasteiger partial charge in [-0.3, -0.25) is 4.79 Å². The van der Waals surface area contributed by atoms with E-state index in [4.69, 9.17) is 30.5 Å². The number of hydrogen-bond acceptors (Lipinski definition) is 6. The van der Waals surface area contributed by atoms with Gasteiger partial charge < -0.3 is 29.4 Å². The van der Waals surface area contributed by atoms with Crippen LogP contribution in [0.4, 0.5) is 0 Å². The van der Waals surface area contributed by atoms with E-state index in [9.17, 15) is 9.90 Å². The summed E-state index contributed by atoms with van der Waals surface area (Å²) in [6.07, 6.45) is 0.0568. The van der Waals surface area contributed by atoms with Crippen molar-refractivity contribution >= 4 is 17.5 Å². The Morgan fingerprint density at radius 2 is 1.86 bits per heavy atom. The van der Waals surface area contributed by atoms with Crippen molar-refractivity contribution in [2.24, 2.45) is 0 Å². The third-order valence-electron chi connectivity index (χ3n) is 3.95. The first kappa shape index (κ1) is 20.1. The van der Waals surface area contributed by atoms with E-state index in [1.54, 1.807) is 42.5 Å². The summed E-state index contributed by atoms with van der Waals surface area (Å²) in [5.41, 5.74) is 0. The number of aliphatic hydroxyl groups is 1. The molecule has 1 unspecified atom stereocenters. The first-order valence-electron chi connectivity index (χ1n) is 8.96. The third-order valence-corrected chi connectivity index (χ3v) is 4.20. The van der Waals surface area contributed by atoms with Crippen LogP contribution in [0.5, 0.6) is 23.0 Å². The van der Waals surface area contributed by atoms with Gasteiger partial charge in [-0.25, -0.2) is 0 Å². The molecule has 0 bridgehead atoms. The van der Waals surface area contributed by atoms with Crippen molar-refractivity contribution in [3.63, 3.8) is 0 Å². The van der Waals surface area contributed by atoms with Gasteiger partial charge in [-0.05, 0) is 42.8 Å². The Morgan fingerprint density at radius 3 is 2.68 bits per heavy atom. The monoisotopic (exact) mass is 407 g/mol. The fraction of sp³-hybridized carbons (Fsp3) is 0.350. The standard InChI is InChI=1S/C20H22ClNO6/c21-14-3-5-16(6-4-14)25-9-1-2-20(24)22-11-15(23)12-26-17-7-8-18-19(10-17)28-13-27-18/h3-8,10,15,23H,1-2,9,11-13H2,(H,22,24). The molecule has 0 fully saturated rings. The van der Waals surface area contributed by atoms with Gasteiger partial charge in [0.25, 0.3) is 0 Å². The average molecular weight is 408 g/mol. The lowest BCUT2D eigenvalue weighted by Crippen LogP contribution is -2.35. The first-order valence-corrected chi connectivity index (χ1v) is 9.33. The summed E-state index contributed by atoms with van der Waals surface area (Å²) in [6, 6.07) is 12.2. The van der Waals surface area contributed by atoms with E-state index in [1.807, 2.05) is 0 Å². The SMILES string of the molecule is O=C(CCCOc1ccc(Cl)cc1)NCC(O)COc1ccc2c(c1)OCO2. The Balaban J connectivity index is 1.27. The second kappa shape index (κ2) is 10.1. The van der Waals surface area contributed by atoms with Gasteiger partial charge in [0, 0.05) is 24.1 Å². The van der Waals surface area contributed by atoms with Gasteiger partial charge in [-0.2, -0.15) is 0 Å². The maximum Gasteiger partial charge on any atom is 0.231 e. The van der Waals surface area contributed by atoms with E-state index in [0.717, 1.165) is 0 Å². The molecule has 1 amide bonds. The lowest BCUT2D eigenvalue weighted by Gasteiger charge is -2.13. The molecule has 1 heterocycles. The molecule has 7 nitrogen and oxygen atoms in total. The molecule has 1 aliphatic rings. The summed E-state index contributed by atoms with van der Waals surface area (Å²) >= 11 is 5.81. The van der Waals surface area contributed by atoms with Gasteiger partial charge in [0.15, 0.2) is 11.5 Å². The van der Waals surface area contributed by atoms with Crippen molar-refractivity contribution < 1.29 is 28.8 Å². The maximum atomic E-state index is 11.8. The second-order valence-corrected chi connectivity index (χ2v) is 6.63. The molecule has 0 spiro atoms. The molecule has 2 aromatic carbocycles. The number of halogens is 1. The summed E-state index contributed by atoms with van der Waals surface area (Å²) in [7, 11) is 0. The maximum absolute atomic E-state index is 11.8. The van der Waals surface area contributed by atoms with Crippen LogP contribution >= 0.6 is 11.6 Å². The molecule has 8 heteroatoms. The largest absolute Gasteiger partial charge is 0.494 e. The molecule has 150 valence electrons. The van der Waals surface area contributed by atoms with Crippen molar-refractivity contribution in [3.8, 4) is 23.0 Å². The quantitative estimate of drug-likeness (QED) is 0.589.